The van der Waals surface area contributed by atoms with Crippen LogP contribution in [0.5, 0.6) is 0 Å². The molecule has 12 heteroatoms. The Hall–Kier alpha value is -2.77. The molecule has 0 aliphatic heterocycles. The molecule has 3 N–H and O–H groups in total. The van der Waals surface area contributed by atoms with Crippen LogP contribution in [0.2, 0.25) is 0 Å². The van der Waals surface area contributed by atoms with Gasteiger partial charge in [0.1, 0.15) is 5.82 Å². The van der Waals surface area contributed by atoms with Gasteiger partial charge in [0.2, 0.25) is 0 Å². The number of nitrogens with zero attached hydrogens (tertiary/aromatic N) is 1. The Bertz CT molecular complexity index is 1320. The molecule has 0 amide bonds. The Kier molecular flexibility index (Phi) is 7.87. The Morgan fingerprint density at radius 2 is 1.79 bits per heavy atom. The second-order valence-corrected chi connectivity index (χ2v) is 10.4. The standard InChI is InChI=1S/C21H25FN4O5S2/c1-23-14-16-12-21(19-8-3-4-9-20(19)22)26(15-16)32(27,28)18-7-5-6-17(13-18)25-33(29,30)24-10-11-31-2/h3-9,12-13,15,23-25H,10-11,14H2,1-2H3. The number of hydrogen-bond donors (Lipinski definition) is 3. The van der Waals surface area contributed by atoms with Gasteiger partial charge in [-0.3, -0.25) is 4.72 Å². The molecule has 178 valence electrons. The third-order valence-corrected chi connectivity index (χ3v) is 7.37. The van der Waals surface area contributed by atoms with Crippen LogP contribution in [-0.2, 0) is 31.5 Å². The lowest BCUT2D eigenvalue weighted by Crippen LogP contribution is -2.32. The SMILES string of the molecule is CNCc1cc(-c2ccccc2F)n(S(=O)(=O)c2cccc(NS(=O)(=O)NCCOC)c2)c1. The zero-order valence-corrected chi connectivity index (χ0v) is 19.7. The molecular formula is C21H25FN4O5S2. The van der Waals surface area contributed by atoms with Gasteiger partial charge in [-0.25, -0.2) is 16.8 Å². The lowest BCUT2D eigenvalue weighted by Gasteiger charge is -2.13. The summed E-state index contributed by atoms with van der Waals surface area (Å²) in [7, 11) is -4.96. The van der Waals surface area contributed by atoms with E-state index in [2.05, 4.69) is 14.8 Å². The molecule has 3 aromatic rings. The molecule has 0 spiro atoms. The number of halogens is 1. The van der Waals surface area contributed by atoms with E-state index in [0.29, 0.717) is 12.1 Å². The molecule has 0 atom stereocenters. The smallest absolute Gasteiger partial charge is 0.299 e. The van der Waals surface area contributed by atoms with Crippen molar-refractivity contribution in [3.63, 3.8) is 0 Å². The van der Waals surface area contributed by atoms with Gasteiger partial charge >= 0.3 is 0 Å². The summed E-state index contributed by atoms with van der Waals surface area (Å²) < 4.78 is 76.2. The fourth-order valence-electron chi connectivity index (χ4n) is 3.16. The van der Waals surface area contributed by atoms with Gasteiger partial charge in [-0.15, -0.1) is 0 Å². The molecule has 3 rings (SSSR count). The molecule has 2 aromatic carbocycles. The number of hydrogen-bond acceptors (Lipinski definition) is 6. The number of aromatic nitrogens is 1. The van der Waals surface area contributed by atoms with E-state index in [0.717, 1.165) is 3.97 Å². The van der Waals surface area contributed by atoms with Gasteiger partial charge in [-0.2, -0.15) is 13.1 Å². The molecule has 0 saturated carbocycles. The van der Waals surface area contributed by atoms with Crippen molar-refractivity contribution in [3.8, 4) is 11.3 Å². The molecule has 0 unspecified atom stereocenters. The normalized spacial score (nSPS) is 12.1. The van der Waals surface area contributed by atoms with Crippen LogP contribution in [0.4, 0.5) is 10.1 Å². The summed E-state index contributed by atoms with van der Waals surface area (Å²) in [5.74, 6) is -0.563. The van der Waals surface area contributed by atoms with Crippen LogP contribution < -0.4 is 14.8 Å². The van der Waals surface area contributed by atoms with E-state index in [1.54, 1.807) is 19.2 Å². The van der Waals surface area contributed by atoms with Gasteiger partial charge in [-0.1, -0.05) is 18.2 Å². The highest BCUT2D eigenvalue weighted by Crippen LogP contribution is 2.29. The molecule has 0 radical (unpaired) electrons. The van der Waals surface area contributed by atoms with Gasteiger partial charge in [0.05, 0.1) is 22.9 Å². The Morgan fingerprint density at radius 3 is 2.48 bits per heavy atom. The van der Waals surface area contributed by atoms with Gasteiger partial charge in [-0.05, 0) is 49.0 Å². The summed E-state index contributed by atoms with van der Waals surface area (Å²) >= 11 is 0. The minimum atomic E-state index is -4.18. The zero-order chi connectivity index (χ0) is 24.1. The molecular weight excluding hydrogens is 471 g/mol. The van der Waals surface area contributed by atoms with Crippen LogP contribution >= 0.6 is 0 Å². The molecule has 33 heavy (non-hydrogen) atoms. The van der Waals surface area contributed by atoms with Crippen molar-refractivity contribution in [1.29, 1.82) is 0 Å². The number of anilines is 1. The monoisotopic (exact) mass is 496 g/mol. The largest absolute Gasteiger partial charge is 0.383 e. The molecule has 0 fully saturated rings. The van der Waals surface area contributed by atoms with Crippen molar-refractivity contribution in [1.82, 2.24) is 14.0 Å². The first-order valence-corrected chi connectivity index (χ1v) is 12.8. The second-order valence-electron chi connectivity index (χ2n) is 7.07. The van der Waals surface area contributed by atoms with Crippen LogP contribution in [0, 0.1) is 5.82 Å². The number of benzene rings is 2. The molecule has 0 saturated heterocycles. The Labute approximate surface area is 192 Å². The average Bonchev–Trinajstić information content (AvgIpc) is 3.19. The van der Waals surface area contributed by atoms with Crippen molar-refractivity contribution in [2.75, 3.05) is 32.0 Å². The second kappa shape index (κ2) is 10.4. The van der Waals surface area contributed by atoms with Gasteiger partial charge in [0.15, 0.2) is 0 Å². The minimum absolute atomic E-state index is 0.0490. The highest BCUT2D eigenvalue weighted by Gasteiger charge is 2.24. The lowest BCUT2D eigenvalue weighted by molar-refractivity contribution is 0.204. The Morgan fingerprint density at radius 1 is 1.03 bits per heavy atom. The highest BCUT2D eigenvalue weighted by atomic mass is 32.2. The first kappa shape index (κ1) is 24.9. The minimum Gasteiger partial charge on any atom is -0.383 e. The maximum absolute atomic E-state index is 14.5. The third-order valence-electron chi connectivity index (χ3n) is 4.61. The predicted octanol–water partition coefficient (Wildman–Crippen LogP) is 2.14. The Balaban J connectivity index is 2.01. The quantitative estimate of drug-likeness (QED) is 0.350. The molecule has 1 heterocycles. The third kappa shape index (κ3) is 5.97. The number of rotatable bonds is 11. The van der Waals surface area contributed by atoms with Crippen molar-refractivity contribution >= 4 is 25.9 Å². The average molecular weight is 497 g/mol. The number of ether oxygens (including phenoxy) is 1. The maximum Gasteiger partial charge on any atom is 0.299 e. The van der Waals surface area contributed by atoms with Crippen LogP contribution in [-0.4, -0.2) is 48.1 Å². The number of methoxy groups -OCH3 is 1. The van der Waals surface area contributed by atoms with E-state index >= 15 is 0 Å². The number of nitrogens with one attached hydrogen (secondary N) is 3. The van der Waals surface area contributed by atoms with E-state index in [1.807, 2.05) is 0 Å². The van der Waals surface area contributed by atoms with Gasteiger partial charge in [0, 0.05) is 32.0 Å². The molecule has 0 bridgehead atoms. The fourth-order valence-corrected chi connectivity index (χ4v) is 5.46. The highest BCUT2D eigenvalue weighted by molar-refractivity contribution is 7.91. The van der Waals surface area contributed by atoms with Crippen LogP contribution in [0.25, 0.3) is 11.3 Å². The predicted molar refractivity (Wildman–Crippen MR) is 124 cm³/mol. The molecule has 0 aliphatic carbocycles. The van der Waals surface area contributed by atoms with E-state index in [4.69, 9.17) is 4.74 Å². The van der Waals surface area contributed by atoms with Crippen molar-refractivity contribution in [2.45, 2.75) is 11.4 Å². The van der Waals surface area contributed by atoms with E-state index < -0.39 is 26.0 Å². The van der Waals surface area contributed by atoms with E-state index in [1.165, 1.54) is 55.8 Å². The van der Waals surface area contributed by atoms with E-state index in [-0.39, 0.29) is 35.0 Å². The van der Waals surface area contributed by atoms with Crippen molar-refractivity contribution in [3.05, 3.63) is 72.2 Å². The molecule has 1 aromatic heterocycles. The molecule has 0 aliphatic rings. The van der Waals surface area contributed by atoms with Crippen LogP contribution in [0.3, 0.4) is 0 Å². The van der Waals surface area contributed by atoms with Crippen LogP contribution in [0.1, 0.15) is 5.56 Å². The van der Waals surface area contributed by atoms with Gasteiger partial charge in [0.25, 0.3) is 20.2 Å². The summed E-state index contributed by atoms with van der Waals surface area (Å²) in [4.78, 5) is -0.163. The first-order valence-electron chi connectivity index (χ1n) is 9.90. The summed E-state index contributed by atoms with van der Waals surface area (Å²) in [5, 5.41) is 2.94. The zero-order valence-electron chi connectivity index (χ0n) is 18.1. The van der Waals surface area contributed by atoms with E-state index in [9.17, 15) is 21.2 Å². The molecule has 9 nitrogen and oxygen atoms in total. The maximum atomic E-state index is 14.5. The topological polar surface area (TPSA) is 119 Å². The lowest BCUT2D eigenvalue weighted by atomic mass is 10.1. The van der Waals surface area contributed by atoms with Crippen molar-refractivity contribution < 1.29 is 26.0 Å². The summed E-state index contributed by atoms with van der Waals surface area (Å²) in [6.07, 6.45) is 1.41. The van der Waals surface area contributed by atoms with Crippen molar-refractivity contribution in [2.24, 2.45) is 0 Å². The summed E-state index contributed by atoms with van der Waals surface area (Å²) in [6, 6.07) is 12.9. The van der Waals surface area contributed by atoms with Crippen LogP contribution in [0.15, 0.2) is 65.7 Å². The first-order chi connectivity index (χ1) is 15.7. The fraction of sp³-hybridized carbons (Fsp3) is 0.238. The summed E-state index contributed by atoms with van der Waals surface area (Å²) in [5.41, 5.74) is 0.975. The van der Waals surface area contributed by atoms with Gasteiger partial charge < -0.3 is 10.1 Å². The summed E-state index contributed by atoms with van der Waals surface area (Å²) in [6.45, 7) is 0.598.